The molecule has 9 heteroatoms. The molecule has 2 heterocycles. The first-order valence-corrected chi connectivity index (χ1v) is 14.0. The third-order valence-corrected chi connectivity index (χ3v) is 8.00. The number of rotatable bonds is 6. The van der Waals surface area contributed by atoms with Crippen LogP contribution in [0.15, 0.2) is 28.9 Å². The predicted octanol–water partition coefficient (Wildman–Crippen LogP) is 5.48. The minimum Gasteiger partial charge on any atom is -0.460 e. The van der Waals surface area contributed by atoms with Crippen molar-refractivity contribution in [3.8, 4) is 0 Å². The van der Waals surface area contributed by atoms with Gasteiger partial charge in [0.2, 0.25) is 5.91 Å². The van der Waals surface area contributed by atoms with Crippen LogP contribution in [0.1, 0.15) is 71.8 Å². The standard InChI is InChI=1S/C28H38BrN3O5/c1-17(33)36-23-14-15-32(22(23)16-20-19-12-8-9-13-21(19)30-25(20)29)26(34)24(18-10-6-5-7-11-18)31-27(35)37-28(2,3)4/h8-9,12-13,18,22-24,30H,5-7,10-11,14-16H2,1-4H3,(H,31,35). The second kappa shape index (κ2) is 11.5. The fourth-order valence-electron chi connectivity index (χ4n) is 5.73. The molecule has 4 rings (SSSR count). The number of alkyl carbamates (subject to hydrolysis) is 1. The van der Waals surface area contributed by atoms with Gasteiger partial charge in [0.25, 0.3) is 0 Å². The van der Waals surface area contributed by atoms with Crippen LogP contribution in [-0.2, 0) is 25.5 Å². The molecule has 1 aliphatic heterocycles. The van der Waals surface area contributed by atoms with Crippen molar-refractivity contribution in [1.82, 2.24) is 15.2 Å². The van der Waals surface area contributed by atoms with Gasteiger partial charge in [-0.05, 0) is 73.5 Å². The minimum absolute atomic E-state index is 0.0435. The fraction of sp³-hybridized carbons (Fsp3) is 0.607. The van der Waals surface area contributed by atoms with Gasteiger partial charge in [-0.25, -0.2) is 4.79 Å². The molecule has 1 aromatic heterocycles. The highest BCUT2D eigenvalue weighted by Gasteiger charge is 2.44. The van der Waals surface area contributed by atoms with Crippen LogP contribution >= 0.6 is 15.9 Å². The van der Waals surface area contributed by atoms with Gasteiger partial charge in [-0.1, -0.05) is 37.5 Å². The third-order valence-electron chi connectivity index (χ3n) is 7.32. The van der Waals surface area contributed by atoms with E-state index in [0.29, 0.717) is 19.4 Å². The minimum atomic E-state index is -0.680. The number of fused-ring (bicyclic) bond motifs is 1. The summed E-state index contributed by atoms with van der Waals surface area (Å²) >= 11 is 3.66. The molecule has 3 unspecified atom stereocenters. The van der Waals surface area contributed by atoms with E-state index < -0.39 is 23.8 Å². The summed E-state index contributed by atoms with van der Waals surface area (Å²) in [7, 11) is 0. The molecule has 0 bridgehead atoms. The lowest BCUT2D eigenvalue weighted by Crippen LogP contribution is -2.55. The second-order valence-corrected chi connectivity index (χ2v) is 12.0. The highest BCUT2D eigenvalue weighted by Crippen LogP contribution is 2.34. The van der Waals surface area contributed by atoms with E-state index in [4.69, 9.17) is 9.47 Å². The number of esters is 1. The number of likely N-dealkylation sites (tertiary alicyclic amines) is 1. The van der Waals surface area contributed by atoms with Crippen LogP contribution in [0.25, 0.3) is 10.9 Å². The molecular weight excluding hydrogens is 538 g/mol. The van der Waals surface area contributed by atoms with Crippen LogP contribution in [0.4, 0.5) is 4.79 Å². The molecule has 2 N–H and O–H groups in total. The monoisotopic (exact) mass is 575 g/mol. The number of H-pyrrole nitrogens is 1. The number of aromatic amines is 1. The number of carbonyl (C=O) groups excluding carboxylic acids is 3. The smallest absolute Gasteiger partial charge is 0.408 e. The van der Waals surface area contributed by atoms with Gasteiger partial charge in [-0.3, -0.25) is 9.59 Å². The van der Waals surface area contributed by atoms with Crippen LogP contribution in [0.5, 0.6) is 0 Å². The molecule has 8 nitrogen and oxygen atoms in total. The van der Waals surface area contributed by atoms with Crippen molar-refractivity contribution >= 4 is 44.8 Å². The van der Waals surface area contributed by atoms with Crippen molar-refractivity contribution in [3.63, 3.8) is 0 Å². The van der Waals surface area contributed by atoms with Crippen molar-refractivity contribution in [2.75, 3.05) is 6.54 Å². The number of halogens is 1. The van der Waals surface area contributed by atoms with Crippen LogP contribution < -0.4 is 5.32 Å². The number of amides is 2. The SMILES string of the molecule is CC(=O)OC1CCN(C(=O)C(NC(=O)OC(C)(C)C)C2CCCCC2)C1Cc1c(Br)[nH]c2ccccc12. The van der Waals surface area contributed by atoms with Gasteiger partial charge >= 0.3 is 12.1 Å². The number of hydrogen-bond donors (Lipinski definition) is 2. The highest BCUT2D eigenvalue weighted by molar-refractivity contribution is 9.10. The first-order valence-electron chi connectivity index (χ1n) is 13.3. The molecule has 1 aliphatic carbocycles. The van der Waals surface area contributed by atoms with Gasteiger partial charge in [-0.15, -0.1) is 0 Å². The van der Waals surface area contributed by atoms with E-state index in [1.54, 1.807) is 0 Å². The zero-order chi connectivity index (χ0) is 26.7. The Morgan fingerprint density at radius 3 is 2.51 bits per heavy atom. The third kappa shape index (κ3) is 6.67. The molecule has 1 saturated heterocycles. The summed E-state index contributed by atoms with van der Waals surface area (Å²) in [5.41, 5.74) is 1.37. The Labute approximate surface area is 226 Å². The number of ether oxygens (including phenoxy) is 2. The van der Waals surface area contributed by atoms with Gasteiger partial charge in [0, 0.05) is 30.8 Å². The van der Waals surface area contributed by atoms with Crippen molar-refractivity contribution < 1.29 is 23.9 Å². The normalized spacial score (nSPS) is 21.6. The number of carbonyl (C=O) groups is 3. The van der Waals surface area contributed by atoms with Gasteiger partial charge in [-0.2, -0.15) is 0 Å². The lowest BCUT2D eigenvalue weighted by atomic mass is 9.83. The molecule has 2 fully saturated rings. The average molecular weight is 577 g/mol. The molecule has 2 aromatic rings. The second-order valence-electron chi connectivity index (χ2n) is 11.2. The Balaban J connectivity index is 1.63. The molecule has 37 heavy (non-hydrogen) atoms. The fourth-order valence-corrected chi connectivity index (χ4v) is 6.32. The Hall–Kier alpha value is -2.55. The van der Waals surface area contributed by atoms with Gasteiger partial charge in [0.1, 0.15) is 17.7 Å². The van der Waals surface area contributed by atoms with Crippen LogP contribution in [-0.4, -0.2) is 58.2 Å². The highest BCUT2D eigenvalue weighted by atomic mass is 79.9. The summed E-state index contributed by atoms with van der Waals surface area (Å²) in [4.78, 5) is 44.1. The number of hydrogen-bond acceptors (Lipinski definition) is 5. The van der Waals surface area contributed by atoms with E-state index in [1.807, 2.05) is 49.9 Å². The van der Waals surface area contributed by atoms with Crippen molar-refractivity contribution in [1.29, 1.82) is 0 Å². The largest absolute Gasteiger partial charge is 0.460 e. The summed E-state index contributed by atoms with van der Waals surface area (Å²) in [6.45, 7) is 7.29. The molecule has 3 atom stereocenters. The van der Waals surface area contributed by atoms with E-state index in [1.165, 1.54) is 6.92 Å². The van der Waals surface area contributed by atoms with E-state index in [-0.39, 0.29) is 23.8 Å². The molecule has 1 aromatic carbocycles. The molecule has 0 radical (unpaired) electrons. The van der Waals surface area contributed by atoms with Crippen LogP contribution in [0, 0.1) is 5.92 Å². The van der Waals surface area contributed by atoms with E-state index >= 15 is 0 Å². The molecule has 202 valence electrons. The van der Waals surface area contributed by atoms with E-state index in [2.05, 4.69) is 26.2 Å². The van der Waals surface area contributed by atoms with E-state index in [9.17, 15) is 14.4 Å². The first-order chi connectivity index (χ1) is 17.5. The number of aromatic nitrogens is 1. The molecular formula is C28H38BrN3O5. The van der Waals surface area contributed by atoms with E-state index in [0.717, 1.165) is 53.2 Å². The Morgan fingerprint density at radius 2 is 1.84 bits per heavy atom. The van der Waals surface area contributed by atoms with Gasteiger partial charge in [0.05, 0.1) is 10.6 Å². The summed E-state index contributed by atoms with van der Waals surface area (Å²) in [5, 5.41) is 3.98. The summed E-state index contributed by atoms with van der Waals surface area (Å²) in [6, 6.07) is 6.98. The predicted molar refractivity (Wildman–Crippen MR) is 145 cm³/mol. The Kier molecular flexibility index (Phi) is 8.51. The molecule has 2 aliphatic rings. The maximum absolute atomic E-state index is 14.2. The topological polar surface area (TPSA) is 101 Å². The number of para-hydroxylation sites is 1. The van der Waals surface area contributed by atoms with Crippen molar-refractivity contribution in [2.24, 2.45) is 5.92 Å². The molecule has 0 spiro atoms. The average Bonchev–Trinajstić information content (AvgIpc) is 3.36. The summed E-state index contributed by atoms with van der Waals surface area (Å²) < 4.78 is 12.1. The zero-order valence-corrected chi connectivity index (χ0v) is 23.7. The van der Waals surface area contributed by atoms with Crippen LogP contribution in [0.2, 0.25) is 0 Å². The Morgan fingerprint density at radius 1 is 1.14 bits per heavy atom. The lowest BCUT2D eigenvalue weighted by Gasteiger charge is -2.36. The quantitative estimate of drug-likeness (QED) is 0.444. The maximum Gasteiger partial charge on any atom is 0.408 e. The zero-order valence-electron chi connectivity index (χ0n) is 22.1. The molecule has 2 amide bonds. The maximum atomic E-state index is 14.2. The number of benzene rings is 1. The molecule has 1 saturated carbocycles. The lowest BCUT2D eigenvalue weighted by molar-refractivity contribution is -0.149. The van der Waals surface area contributed by atoms with Gasteiger partial charge < -0.3 is 24.7 Å². The Bertz CT molecular complexity index is 1130. The summed E-state index contributed by atoms with van der Waals surface area (Å²) in [6.07, 6.45) is 5.03. The summed E-state index contributed by atoms with van der Waals surface area (Å²) in [5.74, 6) is -0.451. The number of nitrogens with one attached hydrogen (secondary N) is 2. The van der Waals surface area contributed by atoms with Crippen molar-refractivity contribution in [3.05, 3.63) is 34.4 Å². The van der Waals surface area contributed by atoms with Crippen molar-refractivity contribution in [2.45, 2.75) is 96.4 Å². The van der Waals surface area contributed by atoms with Crippen LogP contribution in [0.3, 0.4) is 0 Å². The first kappa shape index (κ1) is 27.5. The van der Waals surface area contributed by atoms with Gasteiger partial charge in [0.15, 0.2) is 0 Å². The number of nitrogens with zero attached hydrogens (tertiary/aromatic N) is 1.